The van der Waals surface area contributed by atoms with E-state index >= 15 is 0 Å². The Kier molecular flexibility index (Phi) is 7.21. The summed E-state index contributed by atoms with van der Waals surface area (Å²) >= 11 is 0. The maximum atomic E-state index is 10.8. The molecule has 0 radical (unpaired) electrons. The highest BCUT2D eigenvalue weighted by molar-refractivity contribution is 5.72. The Hall–Kier alpha value is -0.610. The van der Waals surface area contributed by atoms with Gasteiger partial charge in [-0.2, -0.15) is 0 Å². The fraction of sp³-hybridized carbons (Fsp3) is 0.923. The first-order valence-electron chi connectivity index (χ1n) is 6.66. The molecule has 1 fully saturated rings. The van der Waals surface area contributed by atoms with E-state index in [1.807, 2.05) is 0 Å². The lowest BCUT2D eigenvalue weighted by Crippen LogP contribution is -2.26. The molecule has 0 aromatic carbocycles. The molecule has 1 aliphatic rings. The van der Waals surface area contributed by atoms with Gasteiger partial charge in [-0.1, -0.05) is 19.3 Å². The summed E-state index contributed by atoms with van der Waals surface area (Å²) in [4.78, 5) is 10.8. The standard InChI is InChI=1S/C13H24O4/c1-2-17-12(13(14)15)8-9-16-10-11-6-4-3-5-7-11/h11-12H,2-10H2,1H3,(H,14,15). The van der Waals surface area contributed by atoms with E-state index in [0.29, 0.717) is 25.6 Å². The van der Waals surface area contributed by atoms with Gasteiger partial charge in [-0.3, -0.25) is 0 Å². The highest BCUT2D eigenvalue weighted by Gasteiger charge is 2.18. The van der Waals surface area contributed by atoms with Crippen LogP contribution in [0.2, 0.25) is 0 Å². The number of aliphatic carboxylic acids is 1. The second-order valence-electron chi connectivity index (χ2n) is 4.65. The van der Waals surface area contributed by atoms with Crippen molar-refractivity contribution < 1.29 is 19.4 Å². The van der Waals surface area contributed by atoms with Crippen molar-refractivity contribution in [2.75, 3.05) is 19.8 Å². The Balaban J connectivity index is 2.06. The van der Waals surface area contributed by atoms with Gasteiger partial charge in [0.05, 0.1) is 0 Å². The number of carbonyl (C=O) groups is 1. The Labute approximate surface area is 103 Å². The predicted molar refractivity (Wildman–Crippen MR) is 65.1 cm³/mol. The van der Waals surface area contributed by atoms with Crippen LogP contribution in [0.25, 0.3) is 0 Å². The molecule has 0 aromatic rings. The zero-order valence-electron chi connectivity index (χ0n) is 10.7. The molecule has 1 atom stereocenters. The molecule has 0 aromatic heterocycles. The number of hydrogen-bond acceptors (Lipinski definition) is 3. The Morgan fingerprint density at radius 1 is 1.35 bits per heavy atom. The molecule has 1 aliphatic carbocycles. The summed E-state index contributed by atoms with van der Waals surface area (Å²) in [6, 6.07) is 0. The average molecular weight is 244 g/mol. The minimum atomic E-state index is -0.895. The molecule has 1 N–H and O–H groups in total. The minimum Gasteiger partial charge on any atom is -0.479 e. The van der Waals surface area contributed by atoms with Gasteiger partial charge in [0.1, 0.15) is 0 Å². The van der Waals surface area contributed by atoms with E-state index in [1.54, 1.807) is 6.92 Å². The molecule has 4 heteroatoms. The summed E-state index contributed by atoms with van der Waals surface area (Å²) in [5.41, 5.74) is 0. The number of carboxylic acid groups (broad SMARTS) is 1. The summed E-state index contributed by atoms with van der Waals surface area (Å²) in [6.45, 7) is 3.49. The lowest BCUT2D eigenvalue weighted by molar-refractivity contribution is -0.151. The van der Waals surface area contributed by atoms with Crippen molar-refractivity contribution >= 4 is 5.97 Å². The van der Waals surface area contributed by atoms with Gasteiger partial charge < -0.3 is 14.6 Å². The van der Waals surface area contributed by atoms with Crippen LogP contribution < -0.4 is 0 Å². The van der Waals surface area contributed by atoms with E-state index in [9.17, 15) is 4.79 Å². The van der Waals surface area contributed by atoms with Crippen LogP contribution in [0.4, 0.5) is 0 Å². The number of ether oxygens (including phenoxy) is 2. The second-order valence-corrected chi connectivity index (χ2v) is 4.65. The first-order chi connectivity index (χ1) is 8.24. The minimum absolute atomic E-state index is 0.430. The number of rotatable bonds is 8. The van der Waals surface area contributed by atoms with Gasteiger partial charge in [-0.05, 0) is 25.7 Å². The van der Waals surface area contributed by atoms with Gasteiger partial charge in [0, 0.05) is 26.2 Å². The van der Waals surface area contributed by atoms with E-state index in [-0.39, 0.29) is 0 Å². The molecule has 4 nitrogen and oxygen atoms in total. The maximum Gasteiger partial charge on any atom is 0.332 e. The number of carboxylic acids is 1. The zero-order valence-corrected chi connectivity index (χ0v) is 10.7. The van der Waals surface area contributed by atoms with Crippen molar-refractivity contribution in [2.45, 2.75) is 51.6 Å². The van der Waals surface area contributed by atoms with Gasteiger partial charge in [0.15, 0.2) is 6.10 Å². The summed E-state index contributed by atoms with van der Waals surface area (Å²) < 4.78 is 10.7. The van der Waals surface area contributed by atoms with Crippen molar-refractivity contribution in [2.24, 2.45) is 5.92 Å². The van der Waals surface area contributed by atoms with Gasteiger partial charge in [0.25, 0.3) is 0 Å². The predicted octanol–water partition coefficient (Wildman–Crippen LogP) is 2.46. The molecule has 0 heterocycles. The van der Waals surface area contributed by atoms with Gasteiger partial charge in [0.2, 0.25) is 0 Å². The topological polar surface area (TPSA) is 55.8 Å². The molecular formula is C13H24O4. The Bertz CT molecular complexity index is 211. The summed E-state index contributed by atoms with van der Waals surface area (Å²) in [7, 11) is 0. The van der Waals surface area contributed by atoms with Crippen LogP contribution in [0, 0.1) is 5.92 Å². The van der Waals surface area contributed by atoms with Crippen molar-refractivity contribution in [3.8, 4) is 0 Å². The van der Waals surface area contributed by atoms with Gasteiger partial charge in [-0.25, -0.2) is 4.79 Å². The van der Waals surface area contributed by atoms with Crippen molar-refractivity contribution in [3.05, 3.63) is 0 Å². The highest BCUT2D eigenvalue weighted by Crippen LogP contribution is 2.23. The van der Waals surface area contributed by atoms with Crippen LogP contribution in [0.5, 0.6) is 0 Å². The van der Waals surface area contributed by atoms with Crippen molar-refractivity contribution in [1.29, 1.82) is 0 Å². The Morgan fingerprint density at radius 3 is 2.65 bits per heavy atom. The van der Waals surface area contributed by atoms with E-state index < -0.39 is 12.1 Å². The third kappa shape index (κ3) is 6.03. The third-order valence-corrected chi connectivity index (χ3v) is 3.25. The summed E-state index contributed by atoms with van der Waals surface area (Å²) in [5, 5.41) is 8.87. The summed E-state index contributed by atoms with van der Waals surface area (Å²) in [5.74, 6) is -0.216. The molecule has 0 spiro atoms. The van der Waals surface area contributed by atoms with Crippen LogP contribution in [-0.4, -0.2) is 37.0 Å². The third-order valence-electron chi connectivity index (χ3n) is 3.25. The van der Waals surface area contributed by atoms with Gasteiger partial charge in [-0.15, -0.1) is 0 Å². The second kappa shape index (κ2) is 8.48. The average Bonchev–Trinajstić information content (AvgIpc) is 2.34. The molecule has 1 saturated carbocycles. The van der Waals surface area contributed by atoms with E-state index in [1.165, 1.54) is 32.1 Å². The van der Waals surface area contributed by atoms with E-state index in [4.69, 9.17) is 14.6 Å². The van der Waals surface area contributed by atoms with Crippen LogP contribution in [0.1, 0.15) is 45.4 Å². The molecular weight excluding hydrogens is 220 g/mol. The SMILES string of the molecule is CCOC(CCOCC1CCCCC1)C(=O)O. The zero-order chi connectivity index (χ0) is 12.5. The van der Waals surface area contributed by atoms with Crippen LogP contribution in [0.3, 0.4) is 0 Å². The lowest BCUT2D eigenvalue weighted by atomic mass is 9.90. The molecule has 1 unspecified atom stereocenters. The van der Waals surface area contributed by atoms with Crippen molar-refractivity contribution in [1.82, 2.24) is 0 Å². The molecule has 0 aliphatic heterocycles. The maximum absolute atomic E-state index is 10.8. The Morgan fingerprint density at radius 2 is 2.06 bits per heavy atom. The van der Waals surface area contributed by atoms with E-state index in [0.717, 1.165) is 6.61 Å². The largest absolute Gasteiger partial charge is 0.479 e. The van der Waals surface area contributed by atoms with E-state index in [2.05, 4.69) is 0 Å². The van der Waals surface area contributed by atoms with Crippen molar-refractivity contribution in [3.63, 3.8) is 0 Å². The highest BCUT2D eigenvalue weighted by atomic mass is 16.5. The summed E-state index contributed by atoms with van der Waals surface area (Å²) in [6.07, 6.45) is 6.21. The smallest absolute Gasteiger partial charge is 0.332 e. The normalized spacial score (nSPS) is 19.1. The molecule has 100 valence electrons. The quantitative estimate of drug-likeness (QED) is 0.666. The monoisotopic (exact) mass is 244 g/mol. The molecule has 0 saturated heterocycles. The molecule has 17 heavy (non-hydrogen) atoms. The van der Waals surface area contributed by atoms with Crippen LogP contribution in [0.15, 0.2) is 0 Å². The first kappa shape index (κ1) is 14.5. The van der Waals surface area contributed by atoms with Crippen LogP contribution in [-0.2, 0) is 14.3 Å². The fourth-order valence-corrected chi connectivity index (χ4v) is 2.27. The lowest BCUT2D eigenvalue weighted by Gasteiger charge is -2.21. The fourth-order valence-electron chi connectivity index (χ4n) is 2.27. The first-order valence-corrected chi connectivity index (χ1v) is 6.66. The molecule has 1 rings (SSSR count). The van der Waals surface area contributed by atoms with Crippen LogP contribution >= 0.6 is 0 Å². The number of hydrogen-bond donors (Lipinski definition) is 1. The molecule has 0 bridgehead atoms. The van der Waals surface area contributed by atoms with Gasteiger partial charge >= 0.3 is 5.97 Å². The molecule has 0 amide bonds.